The van der Waals surface area contributed by atoms with Crippen molar-refractivity contribution in [1.29, 1.82) is 0 Å². The molecule has 16 heavy (non-hydrogen) atoms. The Bertz CT molecular complexity index is 227. The largest absolute Gasteiger partial charge is 0.327 e. The first kappa shape index (κ1) is 11.7. The summed E-state index contributed by atoms with van der Waals surface area (Å²) in [6, 6.07) is 1.34. The maximum absolute atomic E-state index is 6.27. The second-order valence-corrected chi connectivity index (χ2v) is 7.73. The quantitative estimate of drug-likeness (QED) is 0.772. The van der Waals surface area contributed by atoms with Gasteiger partial charge < -0.3 is 5.73 Å². The third kappa shape index (κ3) is 2.26. The van der Waals surface area contributed by atoms with Gasteiger partial charge in [0.05, 0.1) is 0 Å². The lowest BCUT2D eigenvalue weighted by Gasteiger charge is -2.40. The lowest BCUT2D eigenvalue weighted by molar-refractivity contribution is 0.120. The second-order valence-electron chi connectivity index (χ2n) is 5.43. The van der Waals surface area contributed by atoms with Crippen LogP contribution in [0.5, 0.6) is 0 Å². The Morgan fingerprint density at radius 2 is 1.50 bits per heavy atom. The van der Waals surface area contributed by atoms with Crippen LogP contribution < -0.4 is 5.73 Å². The highest BCUT2D eigenvalue weighted by atomic mass is 32.2. The fourth-order valence-corrected chi connectivity index (χ4v) is 6.04. The summed E-state index contributed by atoms with van der Waals surface area (Å²) in [7, 11) is 0. The highest BCUT2D eigenvalue weighted by Crippen LogP contribution is 2.37. The number of likely N-dealkylation sites (tertiary alicyclic amines) is 1. The van der Waals surface area contributed by atoms with Gasteiger partial charge in [-0.2, -0.15) is 23.5 Å². The van der Waals surface area contributed by atoms with Crippen LogP contribution in [0.3, 0.4) is 0 Å². The van der Waals surface area contributed by atoms with Crippen molar-refractivity contribution < 1.29 is 0 Å². The lowest BCUT2D eigenvalue weighted by Crippen LogP contribution is -2.53. The summed E-state index contributed by atoms with van der Waals surface area (Å²) in [4.78, 5) is 2.76. The number of thioether (sulfide) groups is 2. The standard InChI is InChI=1S/C12H22N2S2/c13-12-9-1-2-10(12)6-14(5-9)11-7-15-3-4-16-8-11/h9-12H,1-8,13H2/t9-,10+,12?. The van der Waals surface area contributed by atoms with E-state index in [0.717, 1.165) is 17.9 Å². The Morgan fingerprint density at radius 3 is 2.06 bits per heavy atom. The van der Waals surface area contributed by atoms with E-state index in [1.54, 1.807) is 0 Å². The van der Waals surface area contributed by atoms with Crippen molar-refractivity contribution in [3.05, 3.63) is 0 Å². The molecule has 1 aliphatic carbocycles. The topological polar surface area (TPSA) is 29.3 Å². The van der Waals surface area contributed by atoms with Gasteiger partial charge in [0.25, 0.3) is 0 Å². The van der Waals surface area contributed by atoms with Crippen LogP contribution >= 0.6 is 23.5 Å². The summed E-state index contributed by atoms with van der Waals surface area (Å²) < 4.78 is 0. The van der Waals surface area contributed by atoms with Gasteiger partial charge in [-0.05, 0) is 24.7 Å². The molecule has 0 radical (unpaired) electrons. The molecule has 1 saturated carbocycles. The van der Waals surface area contributed by atoms with Crippen molar-refractivity contribution in [1.82, 2.24) is 4.90 Å². The fourth-order valence-electron chi connectivity index (χ4n) is 3.41. The average molecular weight is 258 g/mol. The zero-order chi connectivity index (χ0) is 11.0. The molecule has 2 bridgehead atoms. The summed E-state index contributed by atoms with van der Waals surface area (Å²) in [6.45, 7) is 2.56. The van der Waals surface area contributed by atoms with E-state index < -0.39 is 0 Å². The molecule has 3 atom stereocenters. The molecule has 2 nitrogen and oxygen atoms in total. The molecule has 4 heteroatoms. The normalized spacial score (nSPS) is 42.2. The van der Waals surface area contributed by atoms with Crippen molar-refractivity contribution in [2.45, 2.75) is 24.9 Å². The molecule has 1 unspecified atom stereocenters. The van der Waals surface area contributed by atoms with Crippen LogP contribution in [0.2, 0.25) is 0 Å². The Morgan fingerprint density at radius 1 is 0.938 bits per heavy atom. The maximum atomic E-state index is 6.27. The highest BCUT2D eigenvalue weighted by Gasteiger charge is 2.41. The van der Waals surface area contributed by atoms with Gasteiger partial charge in [-0.3, -0.25) is 4.90 Å². The Balaban J connectivity index is 1.63. The van der Waals surface area contributed by atoms with E-state index in [-0.39, 0.29) is 0 Å². The number of fused-ring (bicyclic) bond motifs is 2. The van der Waals surface area contributed by atoms with E-state index >= 15 is 0 Å². The molecule has 2 aliphatic heterocycles. The first-order valence-electron chi connectivity index (χ1n) is 6.49. The third-order valence-corrected chi connectivity index (χ3v) is 6.93. The molecule has 2 heterocycles. The summed E-state index contributed by atoms with van der Waals surface area (Å²) in [6.07, 6.45) is 2.77. The predicted octanol–water partition coefficient (Wildman–Crippen LogP) is 1.50. The molecule has 0 spiro atoms. The zero-order valence-electron chi connectivity index (χ0n) is 9.81. The van der Waals surface area contributed by atoms with E-state index in [2.05, 4.69) is 28.4 Å². The molecule has 3 rings (SSSR count). The first-order chi connectivity index (χ1) is 7.84. The van der Waals surface area contributed by atoms with Crippen molar-refractivity contribution in [2.24, 2.45) is 17.6 Å². The number of nitrogens with zero attached hydrogens (tertiary/aromatic N) is 1. The SMILES string of the molecule is NC1[C@@H]2CC[C@H]1CN(C1CSCCSC1)C2. The van der Waals surface area contributed by atoms with Gasteiger partial charge in [0.1, 0.15) is 0 Å². The number of hydrogen-bond donors (Lipinski definition) is 1. The van der Waals surface area contributed by atoms with Gasteiger partial charge >= 0.3 is 0 Å². The summed E-state index contributed by atoms with van der Waals surface area (Å²) in [5.41, 5.74) is 6.27. The molecule has 0 aromatic rings. The second kappa shape index (κ2) is 5.09. The molecule has 0 amide bonds. The molecule has 92 valence electrons. The van der Waals surface area contributed by atoms with Crippen molar-refractivity contribution in [3.63, 3.8) is 0 Å². The van der Waals surface area contributed by atoms with Crippen LogP contribution in [0.15, 0.2) is 0 Å². The minimum Gasteiger partial charge on any atom is -0.327 e. The van der Waals surface area contributed by atoms with Gasteiger partial charge in [0, 0.05) is 48.2 Å². The van der Waals surface area contributed by atoms with Gasteiger partial charge in [-0.15, -0.1) is 0 Å². The van der Waals surface area contributed by atoms with Crippen LogP contribution in [-0.2, 0) is 0 Å². The molecule has 3 aliphatic rings. The molecular weight excluding hydrogens is 236 g/mol. The maximum Gasteiger partial charge on any atom is 0.0277 e. The minimum absolute atomic E-state index is 0.516. The van der Waals surface area contributed by atoms with E-state index in [1.165, 1.54) is 48.9 Å². The summed E-state index contributed by atoms with van der Waals surface area (Å²) in [5.74, 6) is 7.00. The minimum atomic E-state index is 0.516. The lowest BCUT2D eigenvalue weighted by atomic mass is 9.92. The summed E-state index contributed by atoms with van der Waals surface area (Å²) >= 11 is 4.29. The van der Waals surface area contributed by atoms with Crippen molar-refractivity contribution in [3.8, 4) is 0 Å². The molecule has 2 saturated heterocycles. The molecular formula is C12H22N2S2. The summed E-state index contributed by atoms with van der Waals surface area (Å²) in [5, 5.41) is 0. The van der Waals surface area contributed by atoms with Crippen LogP contribution in [0.1, 0.15) is 12.8 Å². The first-order valence-corrected chi connectivity index (χ1v) is 8.80. The van der Waals surface area contributed by atoms with Crippen LogP contribution in [0.25, 0.3) is 0 Å². The van der Waals surface area contributed by atoms with E-state index in [4.69, 9.17) is 5.73 Å². The fraction of sp³-hybridized carbons (Fsp3) is 1.00. The van der Waals surface area contributed by atoms with Gasteiger partial charge in [0.2, 0.25) is 0 Å². The van der Waals surface area contributed by atoms with Crippen molar-refractivity contribution >= 4 is 23.5 Å². The number of rotatable bonds is 1. The monoisotopic (exact) mass is 258 g/mol. The molecule has 0 aromatic carbocycles. The highest BCUT2D eigenvalue weighted by molar-refractivity contribution is 8.03. The zero-order valence-corrected chi connectivity index (χ0v) is 11.4. The van der Waals surface area contributed by atoms with Gasteiger partial charge in [-0.1, -0.05) is 0 Å². The van der Waals surface area contributed by atoms with E-state index in [1.807, 2.05) is 0 Å². The number of hydrogen-bond acceptors (Lipinski definition) is 4. The Kier molecular flexibility index (Phi) is 3.72. The van der Waals surface area contributed by atoms with E-state index in [9.17, 15) is 0 Å². The molecule has 3 fully saturated rings. The molecule has 0 aromatic heterocycles. The smallest absolute Gasteiger partial charge is 0.0277 e. The van der Waals surface area contributed by atoms with Crippen molar-refractivity contribution in [2.75, 3.05) is 36.1 Å². The van der Waals surface area contributed by atoms with Gasteiger partial charge in [-0.25, -0.2) is 0 Å². The Labute approximate surface area is 107 Å². The average Bonchev–Trinajstić information content (AvgIpc) is 2.60. The number of piperidine rings is 1. The Hall–Kier alpha value is 0.620. The predicted molar refractivity (Wildman–Crippen MR) is 74.2 cm³/mol. The third-order valence-electron chi connectivity index (χ3n) is 4.44. The molecule has 2 N–H and O–H groups in total. The number of nitrogens with two attached hydrogens (primary N) is 1. The van der Waals surface area contributed by atoms with Crippen LogP contribution in [0.4, 0.5) is 0 Å². The van der Waals surface area contributed by atoms with Crippen LogP contribution in [-0.4, -0.2) is 53.1 Å². The van der Waals surface area contributed by atoms with E-state index in [0.29, 0.717) is 6.04 Å². The van der Waals surface area contributed by atoms with Gasteiger partial charge in [0.15, 0.2) is 0 Å². The van der Waals surface area contributed by atoms with Crippen LogP contribution in [0, 0.1) is 11.8 Å².